The molecule has 1 N–H and O–H groups in total. The van der Waals surface area contributed by atoms with Crippen molar-refractivity contribution in [1.82, 2.24) is 15.1 Å². The highest BCUT2D eigenvalue weighted by Gasteiger charge is 2.52. The lowest BCUT2D eigenvalue weighted by Gasteiger charge is -2.30. The van der Waals surface area contributed by atoms with Gasteiger partial charge in [0.15, 0.2) is 9.84 Å². The van der Waals surface area contributed by atoms with E-state index in [2.05, 4.69) is 5.32 Å². The predicted molar refractivity (Wildman–Crippen MR) is 106 cm³/mol. The van der Waals surface area contributed by atoms with Crippen molar-refractivity contribution < 1.29 is 27.2 Å². The number of benzene rings is 1. The molecule has 0 radical (unpaired) electrons. The lowest BCUT2D eigenvalue weighted by atomic mass is 9.87. The number of nitrogens with one attached hydrogen (secondary N) is 1. The Balaban J connectivity index is 1.55. The van der Waals surface area contributed by atoms with Gasteiger partial charge in [0.1, 0.15) is 17.9 Å². The van der Waals surface area contributed by atoms with Gasteiger partial charge in [-0.3, -0.25) is 14.5 Å². The van der Waals surface area contributed by atoms with E-state index in [-0.39, 0.29) is 24.0 Å². The SMILES string of the molecule is CC[C@@]1(c2ccc(F)cc2)NC(=O)N(CC(=O)N(C2CC2)[C@H]2CCS(=O)(=O)C2)C1=O. The molecule has 2 saturated heterocycles. The van der Waals surface area contributed by atoms with Crippen molar-refractivity contribution >= 4 is 27.7 Å². The van der Waals surface area contributed by atoms with Crippen molar-refractivity contribution in [3.8, 4) is 0 Å². The maximum atomic E-state index is 13.3. The lowest BCUT2D eigenvalue weighted by molar-refractivity contribution is -0.140. The second-order valence-corrected chi connectivity index (χ2v) is 10.4. The number of carbonyl (C=O) groups excluding carboxylic acids is 3. The van der Waals surface area contributed by atoms with Gasteiger partial charge in [-0.2, -0.15) is 0 Å². The first-order valence-electron chi connectivity index (χ1n) is 10.1. The van der Waals surface area contributed by atoms with Crippen molar-refractivity contribution in [2.24, 2.45) is 0 Å². The molecule has 1 aromatic rings. The Labute approximate surface area is 174 Å². The monoisotopic (exact) mass is 437 g/mol. The van der Waals surface area contributed by atoms with Gasteiger partial charge in [0.2, 0.25) is 5.91 Å². The number of halogens is 1. The summed E-state index contributed by atoms with van der Waals surface area (Å²) in [4.78, 5) is 41.3. The van der Waals surface area contributed by atoms with Crippen LogP contribution < -0.4 is 5.32 Å². The van der Waals surface area contributed by atoms with E-state index < -0.39 is 51.6 Å². The molecular weight excluding hydrogens is 413 g/mol. The number of amides is 4. The Bertz CT molecular complexity index is 992. The molecule has 0 unspecified atom stereocenters. The molecule has 2 aliphatic heterocycles. The largest absolute Gasteiger partial charge is 0.334 e. The van der Waals surface area contributed by atoms with Crippen molar-refractivity contribution in [3.05, 3.63) is 35.6 Å². The Morgan fingerprint density at radius 3 is 2.40 bits per heavy atom. The third-order valence-corrected chi connectivity index (χ3v) is 7.92. The number of hydrogen-bond acceptors (Lipinski definition) is 5. The number of rotatable bonds is 6. The summed E-state index contributed by atoms with van der Waals surface area (Å²) in [6, 6.07) is 4.19. The maximum absolute atomic E-state index is 13.3. The van der Waals surface area contributed by atoms with Crippen LogP contribution in [0.25, 0.3) is 0 Å². The summed E-state index contributed by atoms with van der Waals surface area (Å²) < 4.78 is 37.1. The molecule has 0 spiro atoms. The molecule has 2 atom stereocenters. The second-order valence-electron chi connectivity index (χ2n) is 8.18. The molecule has 3 fully saturated rings. The van der Waals surface area contributed by atoms with Crippen LogP contribution >= 0.6 is 0 Å². The van der Waals surface area contributed by atoms with E-state index in [1.54, 1.807) is 11.8 Å². The van der Waals surface area contributed by atoms with Gasteiger partial charge in [-0.25, -0.2) is 17.6 Å². The van der Waals surface area contributed by atoms with Crippen molar-refractivity contribution in [2.45, 2.75) is 50.2 Å². The number of carbonyl (C=O) groups is 3. The van der Waals surface area contributed by atoms with Gasteiger partial charge in [0.05, 0.1) is 11.5 Å². The Morgan fingerprint density at radius 2 is 1.87 bits per heavy atom. The standard InChI is InChI=1S/C20H24FN3O5S/c1-2-20(13-3-5-14(21)6-4-13)18(26)23(19(27)22-20)11-17(25)24(15-7-8-15)16-9-10-30(28,29)12-16/h3-6,15-16H,2,7-12H2,1H3,(H,22,27)/t16-,20-/m0/s1. The average Bonchev–Trinajstić information content (AvgIpc) is 3.42. The van der Waals surface area contributed by atoms with E-state index >= 15 is 0 Å². The minimum Gasteiger partial charge on any atom is -0.334 e. The summed E-state index contributed by atoms with van der Waals surface area (Å²) in [7, 11) is -3.17. The van der Waals surface area contributed by atoms with Crippen molar-refractivity contribution in [1.29, 1.82) is 0 Å². The predicted octanol–water partition coefficient (Wildman–Crippen LogP) is 1.16. The van der Waals surface area contributed by atoms with Gasteiger partial charge in [-0.15, -0.1) is 0 Å². The topological polar surface area (TPSA) is 104 Å². The Morgan fingerprint density at radius 1 is 1.20 bits per heavy atom. The fourth-order valence-corrected chi connectivity index (χ4v) is 6.12. The van der Waals surface area contributed by atoms with Crippen LogP contribution in [-0.4, -0.2) is 66.2 Å². The number of urea groups is 1. The summed E-state index contributed by atoms with van der Waals surface area (Å²) in [6.07, 6.45) is 2.19. The van der Waals surface area contributed by atoms with Gasteiger partial charge in [-0.05, 0) is 43.4 Å². The molecule has 0 aromatic heterocycles. The van der Waals surface area contributed by atoms with E-state index in [0.29, 0.717) is 12.0 Å². The first kappa shape index (κ1) is 20.8. The fraction of sp³-hybridized carbons (Fsp3) is 0.550. The molecule has 3 aliphatic rings. The van der Waals surface area contributed by atoms with Gasteiger partial charge in [0, 0.05) is 12.1 Å². The second kappa shape index (κ2) is 7.33. The number of nitrogens with zero attached hydrogens (tertiary/aromatic N) is 2. The zero-order valence-electron chi connectivity index (χ0n) is 16.6. The number of imide groups is 1. The van der Waals surface area contributed by atoms with E-state index in [9.17, 15) is 27.2 Å². The summed E-state index contributed by atoms with van der Waals surface area (Å²) in [5.74, 6) is -1.48. The highest BCUT2D eigenvalue weighted by atomic mass is 32.2. The van der Waals surface area contributed by atoms with Crippen molar-refractivity contribution in [3.63, 3.8) is 0 Å². The van der Waals surface area contributed by atoms with Crippen molar-refractivity contribution in [2.75, 3.05) is 18.1 Å². The molecule has 10 heteroatoms. The summed E-state index contributed by atoms with van der Waals surface area (Å²) in [5, 5.41) is 2.67. The van der Waals surface area contributed by atoms with E-state index in [0.717, 1.165) is 17.7 Å². The Hall–Kier alpha value is -2.49. The highest BCUT2D eigenvalue weighted by Crippen LogP contribution is 2.35. The zero-order valence-corrected chi connectivity index (χ0v) is 17.5. The van der Waals surface area contributed by atoms with Crippen LogP contribution in [-0.2, 0) is 25.0 Å². The van der Waals surface area contributed by atoms with Crippen LogP contribution in [0.3, 0.4) is 0 Å². The zero-order chi connectivity index (χ0) is 21.7. The molecule has 1 aromatic carbocycles. The summed E-state index contributed by atoms with van der Waals surface area (Å²) in [6.45, 7) is 1.29. The first-order valence-corrected chi connectivity index (χ1v) is 11.9. The molecule has 4 amide bonds. The van der Waals surface area contributed by atoms with Gasteiger partial charge < -0.3 is 10.2 Å². The molecular formula is C20H24FN3O5S. The molecule has 1 aliphatic carbocycles. The van der Waals surface area contributed by atoms with Gasteiger partial charge in [-0.1, -0.05) is 19.1 Å². The van der Waals surface area contributed by atoms with E-state index in [1.807, 2.05) is 0 Å². The molecule has 4 rings (SSSR count). The number of sulfone groups is 1. The minimum absolute atomic E-state index is 0.0374. The number of hydrogen-bond donors (Lipinski definition) is 1. The highest BCUT2D eigenvalue weighted by molar-refractivity contribution is 7.91. The average molecular weight is 437 g/mol. The van der Waals surface area contributed by atoms with Crippen LogP contribution in [0.4, 0.5) is 9.18 Å². The molecule has 8 nitrogen and oxygen atoms in total. The van der Waals surface area contributed by atoms with Crippen LogP contribution in [0.2, 0.25) is 0 Å². The summed E-state index contributed by atoms with van der Waals surface area (Å²) >= 11 is 0. The fourth-order valence-electron chi connectivity index (χ4n) is 4.41. The van der Waals surface area contributed by atoms with Crippen LogP contribution in [0.5, 0.6) is 0 Å². The molecule has 0 bridgehead atoms. The molecule has 30 heavy (non-hydrogen) atoms. The third kappa shape index (κ3) is 3.57. The molecule has 1 saturated carbocycles. The summed E-state index contributed by atoms with van der Waals surface area (Å²) in [5.41, 5.74) is -0.910. The Kier molecular flexibility index (Phi) is 5.08. The lowest BCUT2D eigenvalue weighted by Crippen LogP contribution is -2.49. The van der Waals surface area contributed by atoms with E-state index in [1.165, 1.54) is 24.3 Å². The van der Waals surface area contributed by atoms with Crippen LogP contribution in [0.15, 0.2) is 24.3 Å². The third-order valence-electron chi connectivity index (χ3n) is 6.17. The smallest absolute Gasteiger partial charge is 0.325 e. The quantitative estimate of drug-likeness (QED) is 0.673. The minimum atomic E-state index is -3.17. The molecule has 2 heterocycles. The van der Waals surface area contributed by atoms with E-state index in [4.69, 9.17) is 0 Å². The van der Waals surface area contributed by atoms with Crippen LogP contribution in [0.1, 0.15) is 38.2 Å². The van der Waals surface area contributed by atoms with Gasteiger partial charge >= 0.3 is 6.03 Å². The first-order chi connectivity index (χ1) is 14.2. The van der Waals surface area contributed by atoms with Gasteiger partial charge in [0.25, 0.3) is 5.91 Å². The molecule has 162 valence electrons. The van der Waals surface area contributed by atoms with Crippen LogP contribution in [0, 0.1) is 5.82 Å². The maximum Gasteiger partial charge on any atom is 0.325 e. The normalized spacial score (nSPS) is 27.9.